The van der Waals surface area contributed by atoms with E-state index in [1.54, 1.807) is 19.2 Å². The average Bonchev–Trinajstić information content (AvgIpc) is 2.37. The van der Waals surface area contributed by atoms with Crippen LogP contribution in [0.25, 0.3) is 0 Å². The molecule has 0 aromatic heterocycles. The first-order chi connectivity index (χ1) is 8.61. The first-order valence-electron chi connectivity index (χ1n) is 5.26. The van der Waals surface area contributed by atoms with E-state index in [1.165, 1.54) is 0 Å². The summed E-state index contributed by atoms with van der Waals surface area (Å²) < 4.78 is 5.09. The van der Waals surface area contributed by atoms with Gasteiger partial charge in [0.05, 0.1) is 34.2 Å². The van der Waals surface area contributed by atoms with Gasteiger partial charge in [-0.2, -0.15) is 0 Å². The van der Waals surface area contributed by atoms with Crippen LogP contribution in [0.15, 0.2) is 36.4 Å². The number of halogens is 2. The van der Waals surface area contributed by atoms with Crippen molar-refractivity contribution in [1.82, 2.24) is 0 Å². The van der Waals surface area contributed by atoms with Crippen LogP contribution in [0.4, 0.5) is 17.1 Å². The van der Waals surface area contributed by atoms with Crippen molar-refractivity contribution >= 4 is 40.3 Å². The molecule has 0 bridgehead atoms. The van der Waals surface area contributed by atoms with Crippen LogP contribution < -0.4 is 15.8 Å². The minimum Gasteiger partial charge on any atom is -0.497 e. The monoisotopic (exact) mass is 282 g/mol. The SMILES string of the molecule is COc1ccc(Nc2cccc(Cl)c2Cl)c(N)c1. The fourth-order valence-corrected chi connectivity index (χ4v) is 1.87. The molecule has 0 heterocycles. The molecule has 0 atom stereocenters. The van der Waals surface area contributed by atoms with Gasteiger partial charge in [0.1, 0.15) is 5.75 Å². The minimum absolute atomic E-state index is 0.467. The predicted octanol–water partition coefficient (Wildman–Crippen LogP) is 4.33. The smallest absolute Gasteiger partial charge is 0.121 e. The van der Waals surface area contributed by atoms with E-state index in [0.717, 1.165) is 5.69 Å². The van der Waals surface area contributed by atoms with E-state index < -0.39 is 0 Å². The maximum Gasteiger partial charge on any atom is 0.121 e. The molecule has 0 fully saturated rings. The number of nitrogens with one attached hydrogen (secondary N) is 1. The molecule has 2 aromatic rings. The van der Waals surface area contributed by atoms with E-state index >= 15 is 0 Å². The number of ether oxygens (including phenoxy) is 1. The topological polar surface area (TPSA) is 47.3 Å². The van der Waals surface area contributed by atoms with E-state index in [2.05, 4.69) is 5.32 Å². The lowest BCUT2D eigenvalue weighted by Gasteiger charge is -2.12. The highest BCUT2D eigenvalue weighted by Gasteiger charge is 2.06. The van der Waals surface area contributed by atoms with Crippen molar-refractivity contribution in [2.75, 3.05) is 18.2 Å². The number of hydrogen-bond donors (Lipinski definition) is 2. The predicted molar refractivity (Wildman–Crippen MR) is 77.2 cm³/mol. The van der Waals surface area contributed by atoms with Crippen LogP contribution in [0, 0.1) is 0 Å². The molecule has 0 aliphatic carbocycles. The van der Waals surface area contributed by atoms with E-state index in [0.29, 0.717) is 27.2 Å². The second-order valence-electron chi connectivity index (χ2n) is 3.68. The molecule has 0 aliphatic rings. The van der Waals surface area contributed by atoms with Gasteiger partial charge in [-0.25, -0.2) is 0 Å². The molecule has 0 spiro atoms. The average molecular weight is 283 g/mol. The van der Waals surface area contributed by atoms with Gasteiger partial charge >= 0.3 is 0 Å². The number of benzene rings is 2. The zero-order valence-electron chi connectivity index (χ0n) is 9.71. The van der Waals surface area contributed by atoms with Crippen LogP contribution in [0.3, 0.4) is 0 Å². The highest BCUT2D eigenvalue weighted by Crippen LogP contribution is 2.34. The summed E-state index contributed by atoms with van der Waals surface area (Å²) in [6.07, 6.45) is 0. The Hall–Kier alpha value is -1.58. The van der Waals surface area contributed by atoms with Crippen LogP contribution in [0.5, 0.6) is 5.75 Å². The fourth-order valence-electron chi connectivity index (χ4n) is 1.53. The van der Waals surface area contributed by atoms with Crippen LogP contribution in [0.1, 0.15) is 0 Å². The molecule has 0 amide bonds. The minimum atomic E-state index is 0.467. The zero-order valence-corrected chi connectivity index (χ0v) is 11.2. The van der Waals surface area contributed by atoms with Crippen molar-refractivity contribution in [3.8, 4) is 5.75 Å². The number of nitrogen functional groups attached to an aromatic ring is 1. The Morgan fingerprint density at radius 3 is 2.56 bits per heavy atom. The van der Waals surface area contributed by atoms with Crippen LogP contribution in [-0.4, -0.2) is 7.11 Å². The van der Waals surface area contributed by atoms with Gasteiger partial charge in [-0.15, -0.1) is 0 Å². The summed E-state index contributed by atoms with van der Waals surface area (Å²) in [5, 5.41) is 4.10. The molecule has 2 aromatic carbocycles. The number of rotatable bonds is 3. The number of methoxy groups -OCH3 is 1. The lowest BCUT2D eigenvalue weighted by molar-refractivity contribution is 0.415. The van der Waals surface area contributed by atoms with Crippen molar-refractivity contribution < 1.29 is 4.74 Å². The summed E-state index contributed by atoms with van der Waals surface area (Å²) in [6, 6.07) is 10.8. The van der Waals surface area contributed by atoms with E-state index in [1.807, 2.05) is 24.3 Å². The third kappa shape index (κ3) is 2.63. The Bertz CT molecular complexity index is 573. The molecule has 3 N–H and O–H groups in total. The summed E-state index contributed by atoms with van der Waals surface area (Å²) >= 11 is 12.0. The second kappa shape index (κ2) is 5.38. The molecule has 2 rings (SSSR count). The summed E-state index contributed by atoms with van der Waals surface area (Å²) in [7, 11) is 1.59. The van der Waals surface area contributed by atoms with Crippen molar-refractivity contribution in [3.05, 3.63) is 46.4 Å². The zero-order chi connectivity index (χ0) is 13.1. The molecule has 0 radical (unpaired) electrons. The third-order valence-corrected chi connectivity index (χ3v) is 3.30. The van der Waals surface area contributed by atoms with Gasteiger partial charge in [-0.05, 0) is 24.3 Å². The Morgan fingerprint density at radius 1 is 1.11 bits per heavy atom. The molecule has 5 heteroatoms. The second-order valence-corrected chi connectivity index (χ2v) is 4.46. The normalized spacial score (nSPS) is 10.2. The van der Waals surface area contributed by atoms with Crippen LogP contribution >= 0.6 is 23.2 Å². The highest BCUT2D eigenvalue weighted by atomic mass is 35.5. The molecule has 0 saturated heterocycles. The van der Waals surface area contributed by atoms with Crippen LogP contribution in [-0.2, 0) is 0 Å². The summed E-state index contributed by atoms with van der Waals surface area (Å²) in [6.45, 7) is 0. The first-order valence-corrected chi connectivity index (χ1v) is 6.02. The van der Waals surface area contributed by atoms with Crippen molar-refractivity contribution in [3.63, 3.8) is 0 Å². The van der Waals surface area contributed by atoms with Crippen molar-refractivity contribution in [1.29, 1.82) is 0 Å². The number of nitrogens with two attached hydrogens (primary N) is 1. The van der Waals surface area contributed by atoms with E-state index in [4.69, 9.17) is 33.7 Å². The van der Waals surface area contributed by atoms with Gasteiger partial charge in [-0.3, -0.25) is 0 Å². The van der Waals surface area contributed by atoms with Gasteiger partial charge in [-0.1, -0.05) is 29.3 Å². The lowest BCUT2D eigenvalue weighted by atomic mass is 10.2. The summed E-state index contributed by atoms with van der Waals surface area (Å²) in [5.41, 5.74) is 7.95. The van der Waals surface area contributed by atoms with Crippen LogP contribution in [0.2, 0.25) is 10.0 Å². The van der Waals surface area contributed by atoms with Gasteiger partial charge in [0.25, 0.3) is 0 Å². The van der Waals surface area contributed by atoms with Crippen molar-refractivity contribution in [2.24, 2.45) is 0 Å². The maximum absolute atomic E-state index is 6.09. The van der Waals surface area contributed by atoms with Crippen molar-refractivity contribution in [2.45, 2.75) is 0 Å². The number of hydrogen-bond acceptors (Lipinski definition) is 3. The Labute approximate surface area is 115 Å². The highest BCUT2D eigenvalue weighted by molar-refractivity contribution is 6.43. The fraction of sp³-hybridized carbons (Fsp3) is 0.0769. The molecule has 0 aliphatic heterocycles. The van der Waals surface area contributed by atoms with Gasteiger partial charge in [0, 0.05) is 6.07 Å². The maximum atomic E-state index is 6.09. The van der Waals surface area contributed by atoms with Gasteiger partial charge < -0.3 is 15.8 Å². The largest absolute Gasteiger partial charge is 0.497 e. The standard InChI is InChI=1S/C13H12Cl2N2O/c1-18-8-5-6-11(10(16)7-8)17-12-4-2-3-9(14)13(12)15/h2-7,17H,16H2,1H3. The van der Waals surface area contributed by atoms with E-state index in [-0.39, 0.29) is 0 Å². The Balaban J connectivity index is 2.31. The Kier molecular flexibility index (Phi) is 3.84. The quantitative estimate of drug-likeness (QED) is 0.824. The lowest BCUT2D eigenvalue weighted by Crippen LogP contribution is -1.97. The van der Waals surface area contributed by atoms with Gasteiger partial charge in [0.2, 0.25) is 0 Å². The van der Waals surface area contributed by atoms with Gasteiger partial charge in [0.15, 0.2) is 0 Å². The molecular weight excluding hydrogens is 271 g/mol. The Morgan fingerprint density at radius 2 is 1.89 bits per heavy atom. The third-order valence-electron chi connectivity index (χ3n) is 2.48. The molecule has 3 nitrogen and oxygen atoms in total. The molecular formula is C13H12Cl2N2O. The van der Waals surface area contributed by atoms with E-state index in [9.17, 15) is 0 Å². The first kappa shape index (κ1) is 12.9. The molecule has 0 unspecified atom stereocenters. The number of anilines is 3. The summed E-state index contributed by atoms with van der Waals surface area (Å²) in [4.78, 5) is 0. The molecule has 18 heavy (non-hydrogen) atoms. The molecule has 0 saturated carbocycles. The molecule has 94 valence electrons. The summed E-state index contributed by atoms with van der Waals surface area (Å²) in [5.74, 6) is 0.704.